The molecule has 0 spiro atoms. The molecule has 2 aliphatic carbocycles. The van der Waals surface area contributed by atoms with Crippen molar-refractivity contribution in [1.82, 2.24) is 9.80 Å². The van der Waals surface area contributed by atoms with Gasteiger partial charge < -0.3 is 20.0 Å². The smallest absolute Gasteiger partial charge is 0.226 e. The van der Waals surface area contributed by atoms with Crippen LogP contribution in [0.1, 0.15) is 49.7 Å². The number of hydrogen-bond donors (Lipinski definition) is 2. The van der Waals surface area contributed by atoms with Crippen LogP contribution in [0.3, 0.4) is 0 Å². The van der Waals surface area contributed by atoms with E-state index in [2.05, 4.69) is 4.90 Å². The van der Waals surface area contributed by atoms with Crippen LogP contribution in [-0.4, -0.2) is 64.2 Å². The molecule has 7 heteroatoms. The van der Waals surface area contributed by atoms with Gasteiger partial charge in [-0.2, -0.15) is 0 Å². The molecular formula is C28H34Cl2N2O3. The van der Waals surface area contributed by atoms with Gasteiger partial charge in [-0.05, 0) is 86.4 Å². The van der Waals surface area contributed by atoms with Crippen molar-refractivity contribution < 1.29 is 15.0 Å². The Hall–Kier alpha value is -1.79. The van der Waals surface area contributed by atoms with Crippen molar-refractivity contribution in [3.05, 3.63) is 63.6 Å². The summed E-state index contributed by atoms with van der Waals surface area (Å²) in [5.74, 6) is 1.01. The maximum atomic E-state index is 13.3. The average molecular weight is 517 g/mol. The summed E-state index contributed by atoms with van der Waals surface area (Å²) in [6.45, 7) is 2.62. The Bertz CT molecular complexity index is 1110. The molecule has 35 heavy (non-hydrogen) atoms. The lowest BCUT2D eigenvalue weighted by molar-refractivity contribution is -0.147. The van der Waals surface area contributed by atoms with Crippen LogP contribution < -0.4 is 0 Å². The standard InChI is InChI=1S/C28H34Cl2N2O3/c1-31(26(34)14-20-7-8-24(29)25(30)13-20)22-9-10-28(35)18-32(17-19-5-6-19)12-11-27(28,16-22)21-3-2-4-23(33)15-21/h2-4,7-8,13,15,19,22,33,35H,5-6,9-12,14,16-18H2,1H3/t22-,27-,28-/m0/s1. The number of nitrogens with zero attached hydrogens (tertiary/aromatic N) is 2. The van der Waals surface area contributed by atoms with Gasteiger partial charge in [-0.25, -0.2) is 0 Å². The third-order valence-corrected chi connectivity index (χ3v) is 9.34. The minimum atomic E-state index is -0.891. The molecule has 2 aromatic rings. The summed E-state index contributed by atoms with van der Waals surface area (Å²) in [5.41, 5.74) is 0.408. The minimum absolute atomic E-state index is 0.00267. The van der Waals surface area contributed by atoms with E-state index in [-0.39, 0.29) is 24.1 Å². The summed E-state index contributed by atoms with van der Waals surface area (Å²) in [4.78, 5) is 17.5. The summed E-state index contributed by atoms with van der Waals surface area (Å²) in [7, 11) is 1.87. The molecule has 1 aliphatic heterocycles. The fourth-order valence-corrected chi connectivity index (χ4v) is 6.66. The third kappa shape index (κ3) is 4.93. The molecule has 3 aliphatic rings. The molecule has 5 rings (SSSR count). The van der Waals surface area contributed by atoms with E-state index in [1.807, 2.05) is 30.1 Å². The Morgan fingerprint density at radius 1 is 1.11 bits per heavy atom. The second-order valence-electron chi connectivity index (χ2n) is 10.9. The number of hydrogen-bond acceptors (Lipinski definition) is 4. The number of phenols is 1. The van der Waals surface area contributed by atoms with Crippen molar-refractivity contribution in [2.75, 3.05) is 26.7 Å². The van der Waals surface area contributed by atoms with Crippen molar-refractivity contribution in [2.45, 2.75) is 62.0 Å². The topological polar surface area (TPSA) is 64.0 Å². The monoisotopic (exact) mass is 516 g/mol. The van der Waals surface area contributed by atoms with Crippen molar-refractivity contribution >= 4 is 29.1 Å². The third-order valence-electron chi connectivity index (χ3n) is 8.60. The molecule has 0 aromatic heterocycles. The number of aromatic hydroxyl groups is 1. The fourth-order valence-electron chi connectivity index (χ4n) is 6.34. The summed E-state index contributed by atoms with van der Waals surface area (Å²) in [6.07, 6.45) is 5.69. The van der Waals surface area contributed by atoms with Gasteiger partial charge >= 0.3 is 0 Å². The number of likely N-dealkylation sites (tertiary alicyclic amines) is 1. The van der Waals surface area contributed by atoms with Crippen LogP contribution in [0.4, 0.5) is 0 Å². The normalized spacial score (nSPS) is 29.0. The summed E-state index contributed by atoms with van der Waals surface area (Å²) < 4.78 is 0. The lowest BCUT2D eigenvalue weighted by atomic mass is 9.55. The van der Waals surface area contributed by atoms with E-state index in [4.69, 9.17) is 23.2 Å². The van der Waals surface area contributed by atoms with Crippen molar-refractivity contribution in [3.8, 4) is 5.75 Å². The first-order valence-corrected chi connectivity index (χ1v) is 13.4. The highest BCUT2D eigenvalue weighted by atomic mass is 35.5. The van der Waals surface area contributed by atoms with Gasteiger partial charge in [0.2, 0.25) is 5.91 Å². The van der Waals surface area contributed by atoms with Gasteiger partial charge in [-0.1, -0.05) is 41.4 Å². The quantitative estimate of drug-likeness (QED) is 0.564. The summed E-state index contributed by atoms with van der Waals surface area (Å²) in [5, 5.41) is 23.4. The van der Waals surface area contributed by atoms with Crippen LogP contribution in [0.25, 0.3) is 0 Å². The zero-order valence-corrected chi connectivity index (χ0v) is 21.7. The number of piperidine rings is 1. The predicted octanol–water partition coefficient (Wildman–Crippen LogP) is 5.04. The van der Waals surface area contributed by atoms with Crippen LogP contribution in [0.15, 0.2) is 42.5 Å². The number of rotatable bonds is 6. The van der Waals surface area contributed by atoms with Crippen LogP contribution in [0.2, 0.25) is 10.0 Å². The van der Waals surface area contributed by atoms with E-state index >= 15 is 0 Å². The van der Waals surface area contributed by atoms with Crippen LogP contribution >= 0.6 is 23.2 Å². The Morgan fingerprint density at radius 2 is 1.91 bits per heavy atom. The van der Waals surface area contributed by atoms with E-state index in [1.54, 1.807) is 24.3 Å². The first kappa shape index (κ1) is 24.9. The maximum Gasteiger partial charge on any atom is 0.226 e. The number of amides is 1. The predicted molar refractivity (Wildman–Crippen MR) is 139 cm³/mol. The molecule has 1 amide bonds. The van der Waals surface area contributed by atoms with Gasteiger partial charge in [0.1, 0.15) is 5.75 Å². The molecule has 5 nitrogen and oxygen atoms in total. The fraction of sp³-hybridized carbons (Fsp3) is 0.536. The van der Waals surface area contributed by atoms with Crippen LogP contribution in [0, 0.1) is 5.92 Å². The lowest BCUT2D eigenvalue weighted by Crippen LogP contribution is -2.67. The number of phenolic OH excluding ortho intramolecular Hbond substituents is 1. The molecule has 0 unspecified atom stereocenters. The SMILES string of the molecule is CN(C(=O)Cc1ccc(Cl)c(Cl)c1)[C@H]1CC[C@]2(O)CN(CC3CC3)CC[C@@]2(c2cccc(O)c2)C1. The van der Waals surface area contributed by atoms with Crippen molar-refractivity contribution in [2.24, 2.45) is 5.92 Å². The molecule has 2 saturated carbocycles. The van der Waals surface area contributed by atoms with Gasteiger partial charge in [0.25, 0.3) is 0 Å². The minimum Gasteiger partial charge on any atom is -0.508 e. The van der Waals surface area contributed by atoms with Gasteiger partial charge in [-0.3, -0.25) is 4.79 Å². The number of fused-ring (bicyclic) bond motifs is 1. The van der Waals surface area contributed by atoms with Crippen LogP contribution in [0.5, 0.6) is 5.75 Å². The number of likely N-dealkylation sites (N-methyl/N-ethyl adjacent to an activating group) is 1. The van der Waals surface area contributed by atoms with E-state index < -0.39 is 11.0 Å². The van der Waals surface area contributed by atoms with Crippen molar-refractivity contribution in [1.29, 1.82) is 0 Å². The van der Waals surface area contributed by atoms with Gasteiger partial charge in [0.05, 0.1) is 22.1 Å². The molecule has 3 atom stereocenters. The molecule has 2 N–H and O–H groups in total. The molecule has 0 bridgehead atoms. The lowest BCUT2D eigenvalue weighted by Gasteiger charge is -2.59. The molecule has 2 aromatic carbocycles. The summed E-state index contributed by atoms with van der Waals surface area (Å²) >= 11 is 12.2. The van der Waals surface area contributed by atoms with E-state index in [1.165, 1.54) is 12.8 Å². The number of carbonyl (C=O) groups is 1. The second-order valence-corrected chi connectivity index (χ2v) is 11.7. The number of carbonyl (C=O) groups excluding carboxylic acids is 1. The Kier molecular flexibility index (Phi) is 6.82. The van der Waals surface area contributed by atoms with Gasteiger partial charge in [0.15, 0.2) is 0 Å². The highest BCUT2D eigenvalue weighted by Crippen LogP contribution is 2.53. The van der Waals surface area contributed by atoms with E-state index in [9.17, 15) is 15.0 Å². The Balaban J connectivity index is 1.39. The second kappa shape index (κ2) is 9.59. The Morgan fingerprint density at radius 3 is 2.63 bits per heavy atom. The molecular weight excluding hydrogens is 483 g/mol. The summed E-state index contributed by atoms with van der Waals surface area (Å²) in [6, 6.07) is 12.7. The number of benzene rings is 2. The number of aliphatic hydroxyl groups is 1. The van der Waals surface area contributed by atoms with Gasteiger partial charge in [0, 0.05) is 31.6 Å². The molecule has 3 fully saturated rings. The number of halogens is 2. The highest BCUT2D eigenvalue weighted by Gasteiger charge is 2.58. The average Bonchev–Trinajstić information content (AvgIpc) is 3.64. The molecule has 1 heterocycles. The maximum absolute atomic E-state index is 13.3. The number of β-amino-alcohol motifs (C(OH)–C–C–N with tert-alkyl or cyclic N) is 1. The molecule has 188 valence electrons. The zero-order valence-electron chi connectivity index (χ0n) is 20.2. The molecule has 0 radical (unpaired) electrons. The Labute approximate surface area is 217 Å². The van der Waals surface area contributed by atoms with Crippen LogP contribution in [-0.2, 0) is 16.6 Å². The largest absolute Gasteiger partial charge is 0.508 e. The van der Waals surface area contributed by atoms with E-state index in [0.717, 1.165) is 43.0 Å². The zero-order chi connectivity index (χ0) is 24.8. The first-order chi connectivity index (χ1) is 16.7. The van der Waals surface area contributed by atoms with Gasteiger partial charge in [-0.15, -0.1) is 0 Å². The first-order valence-electron chi connectivity index (χ1n) is 12.6. The van der Waals surface area contributed by atoms with Crippen molar-refractivity contribution in [3.63, 3.8) is 0 Å². The highest BCUT2D eigenvalue weighted by molar-refractivity contribution is 6.42. The van der Waals surface area contributed by atoms with E-state index in [0.29, 0.717) is 29.4 Å². The molecule has 1 saturated heterocycles.